The van der Waals surface area contributed by atoms with E-state index in [-0.39, 0.29) is 5.91 Å². The molecule has 4 nitrogen and oxygen atoms in total. The molecule has 0 radical (unpaired) electrons. The summed E-state index contributed by atoms with van der Waals surface area (Å²) in [4.78, 5) is 10.8. The molecule has 1 saturated heterocycles. The zero-order chi connectivity index (χ0) is 11.4. The second-order valence-electron chi connectivity index (χ2n) is 3.96. The van der Waals surface area contributed by atoms with Crippen LogP contribution in [0.25, 0.3) is 0 Å². The first-order valence-electron chi connectivity index (χ1n) is 5.46. The van der Waals surface area contributed by atoms with E-state index in [0.29, 0.717) is 6.04 Å². The quantitative estimate of drug-likeness (QED) is 0.817. The normalized spacial score (nSPS) is 19.4. The summed E-state index contributed by atoms with van der Waals surface area (Å²) in [5.41, 5.74) is 1.88. The second kappa shape index (κ2) is 4.99. The molecule has 1 aromatic rings. The van der Waals surface area contributed by atoms with E-state index < -0.39 is 0 Å². The Bertz CT molecular complexity index is 356. The zero-order valence-corrected chi connectivity index (χ0v) is 9.32. The second-order valence-corrected chi connectivity index (χ2v) is 3.96. The van der Waals surface area contributed by atoms with Crippen molar-refractivity contribution in [2.45, 2.75) is 19.4 Å². The van der Waals surface area contributed by atoms with Crippen LogP contribution in [0.4, 0.5) is 11.4 Å². The van der Waals surface area contributed by atoms with Crippen molar-refractivity contribution in [1.82, 2.24) is 0 Å². The number of amides is 1. The number of rotatable bonds is 3. The van der Waals surface area contributed by atoms with Crippen LogP contribution in [0.2, 0.25) is 0 Å². The Morgan fingerprint density at radius 2 is 2.00 bits per heavy atom. The van der Waals surface area contributed by atoms with E-state index in [9.17, 15) is 4.79 Å². The number of benzene rings is 1. The molecular formula is C12H16N2O2. The monoisotopic (exact) mass is 220 g/mol. The van der Waals surface area contributed by atoms with Gasteiger partial charge in [-0.3, -0.25) is 4.79 Å². The average Bonchev–Trinajstić information content (AvgIpc) is 2.73. The number of carbonyl (C=O) groups excluding carboxylic acids is 1. The summed E-state index contributed by atoms with van der Waals surface area (Å²) in [5.74, 6) is -0.0510. The molecule has 1 heterocycles. The number of anilines is 2. The van der Waals surface area contributed by atoms with Crippen molar-refractivity contribution in [3.8, 4) is 0 Å². The molecule has 1 atom stereocenters. The maximum Gasteiger partial charge on any atom is 0.221 e. The topological polar surface area (TPSA) is 50.4 Å². The number of ether oxygens (including phenoxy) is 1. The van der Waals surface area contributed by atoms with Gasteiger partial charge in [0.2, 0.25) is 5.91 Å². The van der Waals surface area contributed by atoms with Crippen LogP contribution in [0.15, 0.2) is 24.3 Å². The Hall–Kier alpha value is -1.55. The summed E-state index contributed by atoms with van der Waals surface area (Å²) in [7, 11) is 0. The van der Waals surface area contributed by atoms with E-state index in [4.69, 9.17) is 4.74 Å². The van der Waals surface area contributed by atoms with E-state index in [0.717, 1.165) is 31.0 Å². The van der Waals surface area contributed by atoms with Gasteiger partial charge in [0.25, 0.3) is 0 Å². The van der Waals surface area contributed by atoms with Gasteiger partial charge in [0.05, 0.1) is 12.6 Å². The van der Waals surface area contributed by atoms with Crippen molar-refractivity contribution < 1.29 is 9.53 Å². The van der Waals surface area contributed by atoms with Crippen molar-refractivity contribution in [1.29, 1.82) is 0 Å². The van der Waals surface area contributed by atoms with Crippen molar-refractivity contribution in [3.63, 3.8) is 0 Å². The summed E-state index contributed by atoms with van der Waals surface area (Å²) in [6.45, 7) is 3.11. The Morgan fingerprint density at radius 1 is 1.31 bits per heavy atom. The number of carbonyl (C=O) groups is 1. The summed E-state index contributed by atoms with van der Waals surface area (Å²) in [6, 6.07) is 8.11. The maximum absolute atomic E-state index is 10.8. The molecule has 1 amide bonds. The third kappa shape index (κ3) is 2.97. The first-order valence-corrected chi connectivity index (χ1v) is 5.46. The Kier molecular flexibility index (Phi) is 3.41. The highest BCUT2D eigenvalue weighted by Crippen LogP contribution is 2.16. The third-order valence-electron chi connectivity index (χ3n) is 2.51. The molecule has 4 heteroatoms. The zero-order valence-electron chi connectivity index (χ0n) is 9.32. The van der Waals surface area contributed by atoms with E-state index >= 15 is 0 Å². The van der Waals surface area contributed by atoms with Crippen LogP contribution in [-0.4, -0.2) is 25.2 Å². The molecule has 0 spiro atoms. The molecule has 1 aliphatic heterocycles. The molecule has 0 bridgehead atoms. The molecule has 86 valence electrons. The predicted molar refractivity (Wildman–Crippen MR) is 63.6 cm³/mol. The molecule has 1 aliphatic rings. The SMILES string of the molecule is CC(=O)Nc1ccc(NC2CCOC2)cc1. The lowest BCUT2D eigenvalue weighted by molar-refractivity contribution is -0.114. The van der Waals surface area contributed by atoms with Crippen LogP contribution in [0, 0.1) is 0 Å². The fraction of sp³-hybridized carbons (Fsp3) is 0.417. The van der Waals surface area contributed by atoms with Crippen LogP contribution in [-0.2, 0) is 9.53 Å². The van der Waals surface area contributed by atoms with Crippen LogP contribution in [0.3, 0.4) is 0 Å². The maximum atomic E-state index is 10.8. The fourth-order valence-electron chi connectivity index (χ4n) is 1.74. The van der Waals surface area contributed by atoms with Gasteiger partial charge in [-0.2, -0.15) is 0 Å². The molecule has 1 fully saturated rings. The Balaban J connectivity index is 1.93. The van der Waals surface area contributed by atoms with Gasteiger partial charge in [-0.05, 0) is 30.7 Å². The largest absolute Gasteiger partial charge is 0.380 e. The molecule has 2 N–H and O–H groups in total. The molecule has 2 rings (SSSR count). The summed E-state index contributed by atoms with van der Waals surface area (Å²) in [6.07, 6.45) is 1.05. The van der Waals surface area contributed by atoms with Gasteiger partial charge < -0.3 is 15.4 Å². The molecule has 16 heavy (non-hydrogen) atoms. The van der Waals surface area contributed by atoms with Crippen LogP contribution in [0.1, 0.15) is 13.3 Å². The van der Waals surface area contributed by atoms with Gasteiger partial charge in [-0.1, -0.05) is 0 Å². The molecule has 1 aromatic carbocycles. The lowest BCUT2D eigenvalue weighted by atomic mass is 10.2. The molecule has 0 aromatic heterocycles. The van der Waals surface area contributed by atoms with Gasteiger partial charge in [-0.25, -0.2) is 0 Å². The summed E-state index contributed by atoms with van der Waals surface area (Å²) < 4.78 is 5.29. The number of hydrogen-bond acceptors (Lipinski definition) is 3. The minimum atomic E-state index is -0.0510. The predicted octanol–water partition coefficient (Wildman–Crippen LogP) is 1.85. The van der Waals surface area contributed by atoms with Crippen molar-refractivity contribution in [2.75, 3.05) is 23.8 Å². The molecule has 1 unspecified atom stereocenters. The molecule has 0 saturated carbocycles. The van der Waals surface area contributed by atoms with Gasteiger partial charge in [0, 0.05) is 24.9 Å². The third-order valence-corrected chi connectivity index (χ3v) is 2.51. The van der Waals surface area contributed by atoms with Gasteiger partial charge in [0.1, 0.15) is 0 Å². The first kappa shape index (κ1) is 11.0. The van der Waals surface area contributed by atoms with E-state index in [1.54, 1.807) is 0 Å². The van der Waals surface area contributed by atoms with Crippen molar-refractivity contribution >= 4 is 17.3 Å². The van der Waals surface area contributed by atoms with Gasteiger partial charge in [0.15, 0.2) is 0 Å². The van der Waals surface area contributed by atoms with E-state index in [1.807, 2.05) is 24.3 Å². The highest BCUT2D eigenvalue weighted by Gasteiger charge is 2.14. The van der Waals surface area contributed by atoms with Crippen LogP contribution >= 0.6 is 0 Å². The highest BCUT2D eigenvalue weighted by molar-refractivity contribution is 5.88. The minimum absolute atomic E-state index is 0.0510. The van der Waals surface area contributed by atoms with Gasteiger partial charge in [-0.15, -0.1) is 0 Å². The summed E-state index contributed by atoms with van der Waals surface area (Å²) >= 11 is 0. The number of nitrogens with one attached hydrogen (secondary N) is 2. The van der Waals surface area contributed by atoms with E-state index in [2.05, 4.69) is 10.6 Å². The standard InChI is InChI=1S/C12H16N2O2/c1-9(15)13-10-2-4-11(5-3-10)14-12-6-7-16-8-12/h2-5,12,14H,6-8H2,1H3,(H,13,15). The smallest absolute Gasteiger partial charge is 0.221 e. The van der Waals surface area contributed by atoms with E-state index in [1.165, 1.54) is 6.92 Å². The summed E-state index contributed by atoms with van der Waals surface area (Å²) in [5, 5.41) is 6.12. The Morgan fingerprint density at radius 3 is 2.56 bits per heavy atom. The van der Waals surface area contributed by atoms with Crippen molar-refractivity contribution in [3.05, 3.63) is 24.3 Å². The molecular weight excluding hydrogens is 204 g/mol. The number of hydrogen-bond donors (Lipinski definition) is 2. The minimum Gasteiger partial charge on any atom is -0.380 e. The van der Waals surface area contributed by atoms with Crippen LogP contribution in [0.5, 0.6) is 0 Å². The fourth-order valence-corrected chi connectivity index (χ4v) is 1.74. The lowest BCUT2D eigenvalue weighted by Crippen LogP contribution is -2.18. The van der Waals surface area contributed by atoms with Crippen molar-refractivity contribution in [2.24, 2.45) is 0 Å². The Labute approximate surface area is 95.0 Å². The van der Waals surface area contributed by atoms with Crippen LogP contribution < -0.4 is 10.6 Å². The van der Waals surface area contributed by atoms with Gasteiger partial charge >= 0.3 is 0 Å². The molecule has 0 aliphatic carbocycles. The highest BCUT2D eigenvalue weighted by atomic mass is 16.5. The first-order chi connectivity index (χ1) is 7.74. The lowest BCUT2D eigenvalue weighted by Gasteiger charge is -2.12. The average molecular weight is 220 g/mol.